The number of nitrogens with zero attached hydrogens (tertiary/aromatic N) is 3. The lowest BCUT2D eigenvalue weighted by molar-refractivity contribution is -0.144. The number of carbonyl (C=O) groups excluding carboxylic acids is 3. The molecule has 0 unspecified atom stereocenters. The van der Waals surface area contributed by atoms with Gasteiger partial charge in [0.05, 0.1) is 57.4 Å². The van der Waals surface area contributed by atoms with Gasteiger partial charge in [0.15, 0.2) is 0 Å². The molecule has 48 heavy (non-hydrogen) atoms. The van der Waals surface area contributed by atoms with Gasteiger partial charge < -0.3 is 41.4 Å². The molecule has 1 heterocycles. The predicted octanol–water partition coefficient (Wildman–Crippen LogP) is 0.429. The minimum absolute atomic E-state index is 0.295. The van der Waals surface area contributed by atoms with Crippen molar-refractivity contribution in [3.63, 3.8) is 0 Å². The van der Waals surface area contributed by atoms with Gasteiger partial charge in [-0.1, -0.05) is 0 Å². The fourth-order valence-electron chi connectivity index (χ4n) is 3.68. The summed E-state index contributed by atoms with van der Waals surface area (Å²) < 4.78 is 81.7. The highest BCUT2D eigenvalue weighted by molar-refractivity contribution is 7.54. The van der Waals surface area contributed by atoms with Crippen LogP contribution in [-0.4, -0.2) is 113 Å². The number of hydrogen-bond acceptors (Lipinski definition) is 18. The van der Waals surface area contributed by atoms with Crippen LogP contribution in [-0.2, 0) is 89.1 Å². The van der Waals surface area contributed by atoms with Crippen molar-refractivity contribution in [3.05, 3.63) is 31.5 Å². The smallest absolute Gasteiger partial charge is 0.336 e. The molecule has 0 saturated heterocycles. The maximum atomic E-state index is 13.2. The maximum Gasteiger partial charge on any atom is 0.336 e. The Kier molecular flexibility index (Phi) is 18.7. The van der Waals surface area contributed by atoms with Gasteiger partial charge in [0.1, 0.15) is 19.8 Å². The van der Waals surface area contributed by atoms with Gasteiger partial charge in [0.2, 0.25) is 0 Å². The summed E-state index contributed by atoms with van der Waals surface area (Å²) in [4.78, 5) is 75.9. The summed E-state index contributed by atoms with van der Waals surface area (Å²) in [6.45, 7) is -3.12. The van der Waals surface area contributed by atoms with Crippen LogP contribution >= 0.6 is 22.8 Å². The Labute approximate surface area is 275 Å². The largest absolute Gasteiger partial charge is 0.464 e. The van der Waals surface area contributed by atoms with E-state index in [4.69, 9.17) is 41.4 Å². The molecule has 0 amide bonds. The second-order valence-corrected chi connectivity index (χ2v) is 16.5. The first-order chi connectivity index (χ1) is 22.6. The zero-order chi connectivity index (χ0) is 36.5. The lowest BCUT2D eigenvalue weighted by Crippen LogP contribution is -2.55. The molecule has 21 nitrogen and oxygen atoms in total. The molecule has 24 heteroatoms. The summed E-state index contributed by atoms with van der Waals surface area (Å²) in [6, 6.07) is 0. The summed E-state index contributed by atoms with van der Waals surface area (Å²) in [5, 5.41) is 0. The molecule has 1 rings (SSSR count). The normalized spacial score (nSPS) is 12.1. The van der Waals surface area contributed by atoms with Crippen LogP contribution in [0.15, 0.2) is 14.4 Å². The number of ether oxygens (including phenoxy) is 3. The van der Waals surface area contributed by atoms with Crippen molar-refractivity contribution in [2.45, 2.75) is 38.9 Å². The molecule has 0 N–H and O–H groups in total. The third-order valence-corrected chi connectivity index (χ3v) is 12.2. The summed E-state index contributed by atoms with van der Waals surface area (Å²) in [7, 11) is -3.63. The molecule has 276 valence electrons. The minimum atomic E-state index is -3.50. The summed E-state index contributed by atoms with van der Waals surface area (Å²) in [5.41, 5.74) is -3.40. The first-order valence-electron chi connectivity index (χ1n) is 14.1. The minimum Gasteiger partial charge on any atom is -0.464 e. The number of aromatic nitrogens is 3. The van der Waals surface area contributed by atoms with E-state index in [1.54, 1.807) is 0 Å². The molecule has 0 spiro atoms. The SMILES string of the molecule is COP(=O)(CCC(=O)OCCn1c(=O)n(CCOC(=O)CCP(=O)(OC)OC)c(=O)n(CCOC(=O)CCP(=O)(OC)OC)c1=O)OC. The lowest BCUT2D eigenvalue weighted by Gasteiger charge is -2.15. The van der Waals surface area contributed by atoms with Crippen molar-refractivity contribution in [2.24, 2.45) is 0 Å². The topological polar surface area (TPSA) is 251 Å². The molecule has 0 bridgehead atoms. The highest BCUT2D eigenvalue weighted by Gasteiger charge is 2.25. The van der Waals surface area contributed by atoms with Gasteiger partial charge >= 0.3 is 57.8 Å². The van der Waals surface area contributed by atoms with Crippen LogP contribution in [0.2, 0.25) is 0 Å². The maximum absolute atomic E-state index is 13.2. The van der Waals surface area contributed by atoms with E-state index < -0.39 is 97.2 Å². The van der Waals surface area contributed by atoms with E-state index in [2.05, 4.69) is 0 Å². The van der Waals surface area contributed by atoms with Gasteiger partial charge in [-0.2, -0.15) is 0 Å². The van der Waals surface area contributed by atoms with Crippen LogP contribution in [0.4, 0.5) is 0 Å². The average Bonchev–Trinajstić information content (AvgIpc) is 3.09. The quantitative estimate of drug-likeness (QED) is 0.0788. The van der Waals surface area contributed by atoms with Crippen molar-refractivity contribution in [1.82, 2.24) is 13.7 Å². The number of rotatable bonds is 24. The fraction of sp³-hybridized carbons (Fsp3) is 0.750. The van der Waals surface area contributed by atoms with Gasteiger partial charge in [-0.15, -0.1) is 0 Å². The van der Waals surface area contributed by atoms with Crippen LogP contribution in [0.3, 0.4) is 0 Å². The Bertz CT molecular complexity index is 1330. The number of esters is 3. The van der Waals surface area contributed by atoms with E-state index in [0.29, 0.717) is 13.7 Å². The van der Waals surface area contributed by atoms with E-state index >= 15 is 0 Å². The average molecular weight is 754 g/mol. The zero-order valence-corrected chi connectivity index (χ0v) is 30.2. The molecule has 0 aromatic carbocycles. The summed E-state index contributed by atoms with van der Waals surface area (Å²) in [5.74, 6) is -2.53. The van der Waals surface area contributed by atoms with Gasteiger partial charge in [-0.3, -0.25) is 28.1 Å². The molecular formula is C24H42N3O18P3. The Morgan fingerprint density at radius 2 is 0.667 bits per heavy atom. The van der Waals surface area contributed by atoms with E-state index in [-0.39, 0.29) is 37.7 Å². The number of hydrogen-bond donors (Lipinski definition) is 0. The molecule has 1 aromatic rings. The summed E-state index contributed by atoms with van der Waals surface area (Å²) in [6.07, 6.45) is -2.00. The van der Waals surface area contributed by atoms with Gasteiger partial charge in [-0.05, 0) is 0 Å². The Morgan fingerprint density at radius 3 is 0.854 bits per heavy atom. The predicted molar refractivity (Wildman–Crippen MR) is 165 cm³/mol. The first kappa shape index (κ1) is 43.3. The third kappa shape index (κ3) is 13.6. The van der Waals surface area contributed by atoms with Crippen LogP contribution < -0.4 is 17.1 Å². The molecule has 0 atom stereocenters. The van der Waals surface area contributed by atoms with Crippen molar-refractivity contribution >= 4 is 40.7 Å². The monoisotopic (exact) mass is 753 g/mol. The zero-order valence-electron chi connectivity index (χ0n) is 27.5. The van der Waals surface area contributed by atoms with Crippen molar-refractivity contribution in [1.29, 1.82) is 0 Å². The van der Waals surface area contributed by atoms with E-state index in [1.807, 2.05) is 0 Å². The first-order valence-corrected chi connectivity index (χ1v) is 19.3. The highest BCUT2D eigenvalue weighted by atomic mass is 31.2. The van der Waals surface area contributed by atoms with E-state index in [1.165, 1.54) is 0 Å². The van der Waals surface area contributed by atoms with E-state index in [0.717, 1.165) is 42.7 Å². The second-order valence-electron chi connectivity index (χ2n) is 9.31. The molecule has 0 fully saturated rings. The molecule has 0 aliphatic heterocycles. The van der Waals surface area contributed by atoms with Gasteiger partial charge in [0.25, 0.3) is 0 Å². The van der Waals surface area contributed by atoms with Gasteiger partial charge in [0, 0.05) is 42.7 Å². The van der Waals surface area contributed by atoms with Crippen molar-refractivity contribution < 1.29 is 69.4 Å². The molecule has 0 aliphatic carbocycles. The molecular weight excluding hydrogens is 711 g/mol. The summed E-state index contributed by atoms with van der Waals surface area (Å²) >= 11 is 0. The molecule has 0 saturated carbocycles. The van der Waals surface area contributed by atoms with Crippen molar-refractivity contribution in [3.8, 4) is 0 Å². The van der Waals surface area contributed by atoms with Crippen LogP contribution in [0.1, 0.15) is 19.3 Å². The highest BCUT2D eigenvalue weighted by Crippen LogP contribution is 2.48. The fourth-order valence-corrected chi connectivity index (χ4v) is 6.59. The Hall–Kier alpha value is -2.73. The van der Waals surface area contributed by atoms with Crippen molar-refractivity contribution in [2.75, 3.05) is 81.0 Å². The molecule has 0 aliphatic rings. The molecule has 0 radical (unpaired) electrons. The standard InChI is InChI=1S/C24H42N3O18P3/c1-37-46(34,38-2)16-7-19(28)43-13-10-25-22(31)26(11-14-44-20(29)8-17-47(35,39-3)40-4)24(33)27(23(25)32)12-15-45-21(30)9-18-48(36,41-5)42-6/h7-18H2,1-6H3. The van der Waals surface area contributed by atoms with Gasteiger partial charge in [-0.25, -0.2) is 28.1 Å². The van der Waals surface area contributed by atoms with Crippen LogP contribution in [0.25, 0.3) is 0 Å². The number of carbonyl (C=O) groups is 3. The van der Waals surface area contributed by atoms with E-state index in [9.17, 15) is 42.5 Å². The Balaban J connectivity index is 3.13. The lowest BCUT2D eigenvalue weighted by atomic mass is 10.5. The third-order valence-electron chi connectivity index (χ3n) is 6.56. The van der Waals surface area contributed by atoms with Crippen LogP contribution in [0, 0.1) is 0 Å². The second kappa shape index (κ2) is 20.7. The van der Waals surface area contributed by atoms with Crippen LogP contribution in [0.5, 0.6) is 0 Å². The molecule has 1 aromatic heterocycles. The Morgan fingerprint density at radius 1 is 0.458 bits per heavy atom.